The van der Waals surface area contributed by atoms with Crippen LogP contribution < -0.4 is 10.6 Å². The van der Waals surface area contributed by atoms with E-state index in [0.29, 0.717) is 18.5 Å². The first-order valence-electron chi connectivity index (χ1n) is 9.90. The molecule has 3 rings (SSSR count). The van der Waals surface area contributed by atoms with Gasteiger partial charge in [-0.1, -0.05) is 30.3 Å². The highest BCUT2D eigenvalue weighted by molar-refractivity contribution is 5.96. The molecule has 1 fully saturated rings. The highest BCUT2D eigenvalue weighted by Crippen LogP contribution is 2.18. The molecule has 0 aliphatic carbocycles. The summed E-state index contributed by atoms with van der Waals surface area (Å²) < 4.78 is 12.9. The predicted octanol–water partition coefficient (Wildman–Crippen LogP) is 2.38. The van der Waals surface area contributed by atoms with Gasteiger partial charge in [0.15, 0.2) is 0 Å². The smallest absolute Gasteiger partial charge is 0.251 e. The summed E-state index contributed by atoms with van der Waals surface area (Å²) in [5.74, 6) is -1.17. The van der Waals surface area contributed by atoms with Crippen molar-refractivity contribution in [3.05, 3.63) is 77.6 Å². The molecule has 0 unspecified atom stereocenters. The second-order valence-corrected chi connectivity index (χ2v) is 6.99. The van der Waals surface area contributed by atoms with Gasteiger partial charge in [-0.15, -0.1) is 0 Å². The fourth-order valence-corrected chi connectivity index (χ4v) is 3.31. The SMILES string of the molecule is O=C(NCCNC(=O)[C@H]1CCCN1C(=O)/C=C/c1ccccc1)c1ccc(F)cc1. The van der Waals surface area contributed by atoms with Crippen LogP contribution in [0.3, 0.4) is 0 Å². The van der Waals surface area contributed by atoms with E-state index in [1.807, 2.05) is 30.3 Å². The Kier molecular flexibility index (Phi) is 7.32. The molecule has 1 saturated heterocycles. The lowest BCUT2D eigenvalue weighted by molar-refractivity contribution is -0.135. The Morgan fingerprint density at radius 2 is 1.70 bits per heavy atom. The van der Waals surface area contributed by atoms with Crippen LogP contribution in [0.1, 0.15) is 28.8 Å². The molecule has 156 valence electrons. The van der Waals surface area contributed by atoms with Gasteiger partial charge in [-0.3, -0.25) is 14.4 Å². The molecule has 1 heterocycles. The Balaban J connectivity index is 1.45. The van der Waals surface area contributed by atoms with Crippen LogP contribution in [0.5, 0.6) is 0 Å². The van der Waals surface area contributed by atoms with Crippen molar-refractivity contribution in [1.82, 2.24) is 15.5 Å². The monoisotopic (exact) mass is 409 g/mol. The average molecular weight is 409 g/mol. The van der Waals surface area contributed by atoms with Crippen LogP contribution in [-0.4, -0.2) is 48.3 Å². The molecule has 30 heavy (non-hydrogen) atoms. The fourth-order valence-electron chi connectivity index (χ4n) is 3.31. The summed E-state index contributed by atoms with van der Waals surface area (Å²) in [6.07, 6.45) is 4.60. The van der Waals surface area contributed by atoms with Crippen molar-refractivity contribution in [2.75, 3.05) is 19.6 Å². The van der Waals surface area contributed by atoms with E-state index in [4.69, 9.17) is 0 Å². The summed E-state index contributed by atoms with van der Waals surface area (Å²) in [6.45, 7) is 1.01. The lowest BCUT2D eigenvalue weighted by Gasteiger charge is -2.22. The van der Waals surface area contributed by atoms with Crippen LogP contribution in [-0.2, 0) is 9.59 Å². The second kappa shape index (κ2) is 10.3. The molecule has 2 aromatic rings. The number of likely N-dealkylation sites (tertiary alicyclic amines) is 1. The summed E-state index contributed by atoms with van der Waals surface area (Å²) in [4.78, 5) is 38.6. The maximum Gasteiger partial charge on any atom is 0.251 e. The standard InChI is InChI=1S/C23H24FN3O3/c24-19-11-9-18(10-12-19)22(29)25-14-15-26-23(30)20-7-4-16-27(20)21(28)13-8-17-5-2-1-3-6-17/h1-3,5-6,8-13,20H,4,7,14-16H2,(H,25,29)(H,26,30)/b13-8+/t20-/m1/s1. The Bertz CT molecular complexity index is 913. The normalized spacial score (nSPS) is 15.9. The van der Waals surface area contributed by atoms with Crippen LogP contribution in [0.4, 0.5) is 4.39 Å². The molecule has 3 amide bonds. The minimum atomic E-state index is -0.509. The van der Waals surface area contributed by atoms with Gasteiger partial charge in [-0.05, 0) is 48.7 Å². The molecule has 1 aliphatic rings. The van der Waals surface area contributed by atoms with Gasteiger partial charge in [0.2, 0.25) is 11.8 Å². The van der Waals surface area contributed by atoms with Gasteiger partial charge >= 0.3 is 0 Å². The number of rotatable bonds is 7. The highest BCUT2D eigenvalue weighted by Gasteiger charge is 2.32. The third-order valence-electron chi connectivity index (χ3n) is 4.87. The van der Waals surface area contributed by atoms with Gasteiger partial charge < -0.3 is 15.5 Å². The van der Waals surface area contributed by atoms with Crippen molar-refractivity contribution in [3.8, 4) is 0 Å². The number of amides is 3. The van der Waals surface area contributed by atoms with Gasteiger partial charge in [0.05, 0.1) is 0 Å². The number of carbonyl (C=O) groups is 3. The molecule has 6 nitrogen and oxygen atoms in total. The van der Waals surface area contributed by atoms with Crippen LogP contribution in [0.15, 0.2) is 60.7 Å². The zero-order valence-electron chi connectivity index (χ0n) is 16.5. The highest BCUT2D eigenvalue weighted by atomic mass is 19.1. The van der Waals surface area contributed by atoms with E-state index in [1.54, 1.807) is 11.0 Å². The summed E-state index contributed by atoms with van der Waals surface area (Å²) >= 11 is 0. The predicted molar refractivity (Wildman–Crippen MR) is 112 cm³/mol. The van der Waals surface area contributed by atoms with Gasteiger partial charge in [-0.25, -0.2) is 4.39 Å². The van der Waals surface area contributed by atoms with Crippen LogP contribution in [0, 0.1) is 5.82 Å². The molecule has 7 heteroatoms. The fraction of sp³-hybridized carbons (Fsp3) is 0.261. The number of hydrogen-bond donors (Lipinski definition) is 2. The van der Waals surface area contributed by atoms with Gasteiger partial charge in [0.1, 0.15) is 11.9 Å². The zero-order chi connectivity index (χ0) is 21.3. The molecule has 0 bridgehead atoms. The van der Waals surface area contributed by atoms with E-state index in [1.165, 1.54) is 30.3 Å². The molecule has 2 aromatic carbocycles. The lowest BCUT2D eigenvalue weighted by atomic mass is 10.2. The summed E-state index contributed by atoms with van der Waals surface area (Å²) in [6, 6.07) is 14.2. The van der Waals surface area contributed by atoms with Crippen molar-refractivity contribution >= 4 is 23.8 Å². The first-order valence-corrected chi connectivity index (χ1v) is 9.90. The molecule has 0 aromatic heterocycles. The van der Waals surface area contributed by atoms with Gasteiger partial charge in [-0.2, -0.15) is 0 Å². The molecule has 0 spiro atoms. The van der Waals surface area contributed by atoms with E-state index < -0.39 is 11.9 Å². The third kappa shape index (κ3) is 5.76. The first kappa shape index (κ1) is 21.2. The largest absolute Gasteiger partial charge is 0.353 e. The molecule has 1 aliphatic heterocycles. The number of carbonyl (C=O) groups excluding carboxylic acids is 3. The number of benzene rings is 2. The minimum Gasteiger partial charge on any atom is -0.353 e. The summed E-state index contributed by atoms with van der Waals surface area (Å²) in [7, 11) is 0. The maximum atomic E-state index is 12.9. The average Bonchev–Trinajstić information content (AvgIpc) is 3.26. The first-order chi connectivity index (χ1) is 14.5. The lowest BCUT2D eigenvalue weighted by Crippen LogP contribution is -2.47. The topological polar surface area (TPSA) is 78.5 Å². The maximum absolute atomic E-state index is 12.9. The molecular weight excluding hydrogens is 385 g/mol. The van der Waals surface area contributed by atoms with Crippen molar-refractivity contribution in [2.24, 2.45) is 0 Å². The quantitative estimate of drug-likeness (QED) is 0.544. The van der Waals surface area contributed by atoms with Crippen LogP contribution >= 0.6 is 0 Å². The summed E-state index contributed by atoms with van der Waals surface area (Å²) in [5, 5.41) is 5.44. The molecule has 2 N–H and O–H groups in total. The van der Waals surface area contributed by atoms with Crippen molar-refractivity contribution in [1.29, 1.82) is 0 Å². The Morgan fingerprint density at radius 3 is 2.43 bits per heavy atom. The number of hydrogen-bond acceptors (Lipinski definition) is 3. The zero-order valence-corrected chi connectivity index (χ0v) is 16.5. The molecule has 1 atom stereocenters. The van der Waals surface area contributed by atoms with E-state index >= 15 is 0 Å². The Labute approximate surface area is 174 Å². The molecular formula is C23H24FN3O3. The van der Waals surface area contributed by atoms with Crippen molar-refractivity contribution in [2.45, 2.75) is 18.9 Å². The van der Waals surface area contributed by atoms with Crippen molar-refractivity contribution in [3.63, 3.8) is 0 Å². The van der Waals surface area contributed by atoms with Gasteiger partial charge in [0, 0.05) is 31.3 Å². The number of nitrogens with zero attached hydrogens (tertiary/aromatic N) is 1. The number of halogens is 1. The Hall–Kier alpha value is -3.48. The third-order valence-corrected chi connectivity index (χ3v) is 4.87. The minimum absolute atomic E-state index is 0.193. The van der Waals surface area contributed by atoms with E-state index in [-0.39, 0.29) is 30.8 Å². The van der Waals surface area contributed by atoms with Gasteiger partial charge in [0.25, 0.3) is 5.91 Å². The van der Waals surface area contributed by atoms with E-state index in [0.717, 1.165) is 12.0 Å². The second-order valence-electron chi connectivity index (χ2n) is 6.99. The molecule has 0 radical (unpaired) electrons. The Morgan fingerprint density at radius 1 is 1.00 bits per heavy atom. The summed E-state index contributed by atoms with van der Waals surface area (Å²) in [5.41, 5.74) is 1.27. The van der Waals surface area contributed by atoms with E-state index in [9.17, 15) is 18.8 Å². The van der Waals surface area contributed by atoms with Crippen molar-refractivity contribution < 1.29 is 18.8 Å². The van der Waals surface area contributed by atoms with Crippen LogP contribution in [0.2, 0.25) is 0 Å². The van der Waals surface area contributed by atoms with E-state index in [2.05, 4.69) is 10.6 Å². The van der Waals surface area contributed by atoms with Crippen LogP contribution in [0.25, 0.3) is 6.08 Å². The molecule has 0 saturated carbocycles. The number of nitrogens with one attached hydrogen (secondary N) is 2.